The van der Waals surface area contributed by atoms with Crippen molar-refractivity contribution in [3.05, 3.63) is 53.1 Å². The minimum absolute atomic E-state index is 0.0362. The third-order valence-corrected chi connectivity index (χ3v) is 3.80. The van der Waals surface area contributed by atoms with Crippen molar-refractivity contribution in [1.82, 2.24) is 9.55 Å². The van der Waals surface area contributed by atoms with Crippen LogP contribution in [0, 0.1) is 13.8 Å². The lowest BCUT2D eigenvalue weighted by molar-refractivity contribution is 0.147. The van der Waals surface area contributed by atoms with E-state index in [0.29, 0.717) is 12.4 Å². The summed E-state index contributed by atoms with van der Waals surface area (Å²) in [4.78, 5) is 16.4. The fourth-order valence-corrected chi connectivity index (χ4v) is 2.43. The average Bonchev–Trinajstić information content (AvgIpc) is 2.96. The smallest absolute Gasteiger partial charge is 0.419 e. The molecule has 1 aromatic carbocycles. The van der Waals surface area contributed by atoms with Gasteiger partial charge in [-0.05, 0) is 37.0 Å². The molecule has 1 aromatic heterocycles. The number of aryl methyl sites for hydroxylation is 1. The molecule has 4 heteroatoms. The lowest BCUT2D eigenvalue weighted by atomic mass is 9.93. The number of ether oxygens (including phenoxy) is 1. The normalized spacial score (nSPS) is 12.2. The fourth-order valence-electron chi connectivity index (χ4n) is 2.43. The highest BCUT2D eigenvalue weighted by Gasteiger charge is 2.20. The predicted molar refractivity (Wildman–Crippen MR) is 82.7 cm³/mol. The van der Waals surface area contributed by atoms with Gasteiger partial charge in [0.05, 0.1) is 6.61 Å². The molecule has 0 spiro atoms. The van der Waals surface area contributed by atoms with Crippen molar-refractivity contribution in [2.75, 3.05) is 6.61 Å². The minimum Gasteiger partial charge on any atom is -0.449 e. The first-order valence-electron chi connectivity index (χ1n) is 7.32. The summed E-state index contributed by atoms with van der Waals surface area (Å²) < 4.78 is 6.70. The molecule has 0 aliphatic carbocycles. The molecule has 0 N–H and O–H groups in total. The molecular weight excluding hydrogens is 264 g/mol. The van der Waals surface area contributed by atoms with Crippen molar-refractivity contribution >= 4 is 6.09 Å². The van der Waals surface area contributed by atoms with E-state index in [0.717, 1.165) is 6.42 Å². The zero-order valence-corrected chi connectivity index (χ0v) is 13.1. The standard InChI is InChI=1S/C17H22N2O2/c1-5-11-21-17(20)19-10-9-18-16(19)14(4)15-8-6-7-12(2)13(15)3/h6-10,14H,5,11H2,1-4H3/t14-/m0/s1. The lowest BCUT2D eigenvalue weighted by Gasteiger charge is -2.17. The van der Waals surface area contributed by atoms with Crippen LogP contribution >= 0.6 is 0 Å². The maximum atomic E-state index is 12.1. The van der Waals surface area contributed by atoms with Gasteiger partial charge in [-0.2, -0.15) is 0 Å². The van der Waals surface area contributed by atoms with Crippen molar-refractivity contribution < 1.29 is 9.53 Å². The number of imidazole rings is 1. The molecule has 0 unspecified atom stereocenters. The highest BCUT2D eigenvalue weighted by Crippen LogP contribution is 2.27. The highest BCUT2D eigenvalue weighted by atomic mass is 16.5. The zero-order valence-electron chi connectivity index (χ0n) is 13.1. The second kappa shape index (κ2) is 6.57. The largest absolute Gasteiger partial charge is 0.449 e. The maximum absolute atomic E-state index is 12.1. The lowest BCUT2D eigenvalue weighted by Crippen LogP contribution is -2.18. The van der Waals surface area contributed by atoms with E-state index in [1.54, 1.807) is 12.4 Å². The number of benzene rings is 1. The van der Waals surface area contributed by atoms with Crippen LogP contribution in [0.5, 0.6) is 0 Å². The van der Waals surface area contributed by atoms with Crippen LogP contribution in [0.2, 0.25) is 0 Å². The molecule has 0 aliphatic heterocycles. The predicted octanol–water partition coefficient (Wildman–Crippen LogP) is 4.05. The molecule has 112 valence electrons. The monoisotopic (exact) mass is 286 g/mol. The molecule has 0 saturated heterocycles. The van der Waals surface area contributed by atoms with Crippen LogP contribution in [-0.4, -0.2) is 22.3 Å². The number of rotatable bonds is 4. The van der Waals surface area contributed by atoms with Crippen molar-refractivity contribution in [3.8, 4) is 0 Å². The molecule has 0 fully saturated rings. The Balaban J connectivity index is 2.32. The van der Waals surface area contributed by atoms with E-state index in [9.17, 15) is 4.79 Å². The Bertz CT molecular complexity index is 631. The highest BCUT2D eigenvalue weighted by molar-refractivity contribution is 5.71. The van der Waals surface area contributed by atoms with Crippen molar-refractivity contribution in [1.29, 1.82) is 0 Å². The summed E-state index contributed by atoms with van der Waals surface area (Å²) in [6.07, 6.45) is 3.75. The molecule has 0 amide bonds. The summed E-state index contributed by atoms with van der Waals surface area (Å²) in [6, 6.07) is 6.22. The van der Waals surface area contributed by atoms with Gasteiger partial charge < -0.3 is 4.74 Å². The summed E-state index contributed by atoms with van der Waals surface area (Å²) in [7, 11) is 0. The molecule has 1 atom stereocenters. The van der Waals surface area contributed by atoms with E-state index >= 15 is 0 Å². The van der Waals surface area contributed by atoms with Gasteiger partial charge in [-0.15, -0.1) is 0 Å². The number of carbonyl (C=O) groups is 1. The molecule has 0 aliphatic rings. The summed E-state index contributed by atoms with van der Waals surface area (Å²) in [6.45, 7) is 8.65. The Morgan fingerprint density at radius 2 is 2.14 bits per heavy atom. The third kappa shape index (κ3) is 3.15. The number of carbonyl (C=O) groups excluding carboxylic acids is 1. The first kappa shape index (κ1) is 15.3. The van der Waals surface area contributed by atoms with E-state index in [-0.39, 0.29) is 12.0 Å². The minimum atomic E-state index is -0.360. The second-order valence-electron chi connectivity index (χ2n) is 5.28. The van der Waals surface area contributed by atoms with Gasteiger partial charge in [0.25, 0.3) is 0 Å². The van der Waals surface area contributed by atoms with E-state index in [4.69, 9.17) is 4.74 Å². The molecule has 2 rings (SSSR count). The van der Waals surface area contributed by atoms with Gasteiger partial charge in [0.2, 0.25) is 0 Å². The molecule has 0 bridgehead atoms. The number of aromatic nitrogens is 2. The molecular formula is C17H22N2O2. The van der Waals surface area contributed by atoms with Crippen LogP contribution in [0.3, 0.4) is 0 Å². The SMILES string of the molecule is CCCOC(=O)n1ccnc1[C@@H](C)c1cccc(C)c1C. The topological polar surface area (TPSA) is 44.1 Å². The van der Waals surface area contributed by atoms with Crippen LogP contribution in [0.15, 0.2) is 30.6 Å². The van der Waals surface area contributed by atoms with E-state index in [1.165, 1.54) is 21.3 Å². The quantitative estimate of drug-likeness (QED) is 0.851. The van der Waals surface area contributed by atoms with Crippen LogP contribution in [0.25, 0.3) is 0 Å². The molecule has 0 radical (unpaired) electrons. The molecule has 21 heavy (non-hydrogen) atoms. The number of hydrogen-bond donors (Lipinski definition) is 0. The van der Waals surface area contributed by atoms with E-state index in [1.807, 2.05) is 13.0 Å². The number of nitrogens with zero attached hydrogens (tertiary/aromatic N) is 2. The van der Waals surface area contributed by atoms with Gasteiger partial charge in [-0.25, -0.2) is 14.3 Å². The summed E-state index contributed by atoms with van der Waals surface area (Å²) in [5, 5.41) is 0. The third-order valence-electron chi connectivity index (χ3n) is 3.80. The van der Waals surface area contributed by atoms with Gasteiger partial charge in [0.15, 0.2) is 0 Å². The van der Waals surface area contributed by atoms with E-state index in [2.05, 4.69) is 37.9 Å². The van der Waals surface area contributed by atoms with Gasteiger partial charge in [-0.3, -0.25) is 0 Å². The van der Waals surface area contributed by atoms with Crippen LogP contribution in [-0.2, 0) is 4.74 Å². The first-order valence-corrected chi connectivity index (χ1v) is 7.32. The molecule has 1 heterocycles. The average molecular weight is 286 g/mol. The Morgan fingerprint density at radius 1 is 1.38 bits per heavy atom. The van der Waals surface area contributed by atoms with Crippen LogP contribution in [0.1, 0.15) is 48.7 Å². The van der Waals surface area contributed by atoms with E-state index < -0.39 is 0 Å². The van der Waals surface area contributed by atoms with Gasteiger partial charge >= 0.3 is 6.09 Å². The summed E-state index contributed by atoms with van der Waals surface area (Å²) in [5.74, 6) is 0.749. The zero-order chi connectivity index (χ0) is 15.4. The first-order chi connectivity index (χ1) is 10.1. The Kier molecular flexibility index (Phi) is 4.78. The van der Waals surface area contributed by atoms with Crippen LogP contribution in [0.4, 0.5) is 4.79 Å². The number of hydrogen-bond acceptors (Lipinski definition) is 3. The van der Waals surface area contributed by atoms with Crippen molar-refractivity contribution in [2.45, 2.75) is 40.0 Å². The fraction of sp³-hybridized carbons (Fsp3) is 0.412. The molecule has 2 aromatic rings. The molecule has 0 saturated carbocycles. The second-order valence-corrected chi connectivity index (χ2v) is 5.28. The summed E-state index contributed by atoms with van der Waals surface area (Å²) in [5.41, 5.74) is 3.67. The summed E-state index contributed by atoms with van der Waals surface area (Å²) >= 11 is 0. The Morgan fingerprint density at radius 3 is 2.86 bits per heavy atom. The van der Waals surface area contributed by atoms with Gasteiger partial charge in [0.1, 0.15) is 5.82 Å². The Labute approximate surface area is 125 Å². The van der Waals surface area contributed by atoms with Crippen molar-refractivity contribution in [3.63, 3.8) is 0 Å². The van der Waals surface area contributed by atoms with Crippen LogP contribution < -0.4 is 0 Å². The maximum Gasteiger partial charge on any atom is 0.419 e. The van der Waals surface area contributed by atoms with Crippen molar-refractivity contribution in [2.24, 2.45) is 0 Å². The Hall–Kier alpha value is -2.10. The van der Waals surface area contributed by atoms with Gasteiger partial charge in [-0.1, -0.05) is 32.0 Å². The molecule has 4 nitrogen and oxygen atoms in total. The van der Waals surface area contributed by atoms with Gasteiger partial charge in [0, 0.05) is 18.3 Å².